The van der Waals surface area contributed by atoms with E-state index >= 15 is 0 Å². The highest BCUT2D eigenvalue weighted by Crippen LogP contribution is 2.28. The molecule has 0 atom stereocenters. The lowest BCUT2D eigenvalue weighted by molar-refractivity contribution is -0.119. The van der Waals surface area contributed by atoms with Gasteiger partial charge in [0.2, 0.25) is 5.91 Å². The van der Waals surface area contributed by atoms with Gasteiger partial charge >= 0.3 is 0 Å². The van der Waals surface area contributed by atoms with Crippen LogP contribution in [0.3, 0.4) is 0 Å². The fourth-order valence-electron chi connectivity index (χ4n) is 3.60. The summed E-state index contributed by atoms with van der Waals surface area (Å²) in [6.07, 6.45) is 1.40. The lowest BCUT2D eigenvalue weighted by Crippen LogP contribution is -2.52. The van der Waals surface area contributed by atoms with Crippen molar-refractivity contribution in [1.29, 1.82) is 0 Å². The van der Waals surface area contributed by atoms with Crippen LogP contribution in [0.2, 0.25) is 0 Å². The first kappa shape index (κ1) is 17.4. The van der Waals surface area contributed by atoms with Gasteiger partial charge in [-0.05, 0) is 12.1 Å². The number of likely N-dealkylation sites (tertiary alicyclic amines) is 1. The van der Waals surface area contributed by atoms with Crippen LogP contribution in [-0.4, -0.2) is 47.7 Å². The molecule has 2 aromatic carbocycles. The first-order valence-corrected chi connectivity index (χ1v) is 9.19. The molecule has 0 unspecified atom stereocenters. The Labute approximate surface area is 158 Å². The second kappa shape index (κ2) is 7.32. The lowest BCUT2D eigenvalue weighted by atomic mass is 9.98. The highest BCUT2D eigenvalue weighted by atomic mass is 16.2. The molecule has 1 fully saturated rings. The summed E-state index contributed by atoms with van der Waals surface area (Å²) >= 11 is 0. The number of para-hydroxylation sites is 1. The summed E-state index contributed by atoms with van der Waals surface area (Å²) in [7, 11) is 0. The molecule has 2 aromatic rings. The smallest absolute Gasteiger partial charge is 0.272 e. The van der Waals surface area contributed by atoms with Crippen molar-refractivity contribution in [2.24, 2.45) is 4.99 Å². The molecule has 6 heteroatoms. The van der Waals surface area contributed by atoms with Crippen molar-refractivity contribution in [2.45, 2.75) is 18.5 Å². The summed E-state index contributed by atoms with van der Waals surface area (Å²) in [4.78, 5) is 31.5. The maximum Gasteiger partial charge on any atom is 0.272 e. The van der Waals surface area contributed by atoms with Gasteiger partial charge in [-0.3, -0.25) is 19.5 Å². The van der Waals surface area contributed by atoms with E-state index < -0.39 is 5.66 Å². The van der Waals surface area contributed by atoms with Crippen molar-refractivity contribution < 1.29 is 9.59 Å². The molecule has 2 aliphatic rings. The van der Waals surface area contributed by atoms with Gasteiger partial charge in [-0.2, -0.15) is 0 Å². The van der Waals surface area contributed by atoms with E-state index in [-0.39, 0.29) is 11.8 Å². The number of piperidine rings is 1. The van der Waals surface area contributed by atoms with Crippen LogP contribution in [0, 0.1) is 0 Å². The molecule has 6 nitrogen and oxygen atoms in total. The van der Waals surface area contributed by atoms with Gasteiger partial charge in [0, 0.05) is 37.2 Å². The fraction of sp³-hybridized carbons (Fsp3) is 0.286. The van der Waals surface area contributed by atoms with Gasteiger partial charge in [-0.1, -0.05) is 48.5 Å². The molecule has 2 heterocycles. The van der Waals surface area contributed by atoms with E-state index in [2.05, 4.69) is 15.5 Å². The highest BCUT2D eigenvalue weighted by molar-refractivity contribution is 6.46. The summed E-state index contributed by atoms with van der Waals surface area (Å²) in [6, 6.07) is 19.0. The van der Waals surface area contributed by atoms with Crippen molar-refractivity contribution in [3.63, 3.8) is 0 Å². The van der Waals surface area contributed by atoms with Gasteiger partial charge in [0.1, 0.15) is 11.4 Å². The number of carbonyl (C=O) groups excluding carboxylic acids is 2. The van der Waals surface area contributed by atoms with Crippen LogP contribution in [0.4, 0.5) is 5.69 Å². The molecule has 2 aliphatic heterocycles. The first-order chi connectivity index (χ1) is 13.1. The predicted octanol–water partition coefficient (Wildman–Crippen LogP) is 2.04. The van der Waals surface area contributed by atoms with Crippen LogP contribution in [0.5, 0.6) is 0 Å². The Morgan fingerprint density at radius 2 is 1.67 bits per heavy atom. The molecular formula is C21H22N4O2. The SMILES string of the molecule is O=C(CN1CCC2(CC1)N=C(c1ccccc1)C(=O)N2)Nc1ccccc1. The molecule has 2 amide bonds. The van der Waals surface area contributed by atoms with Crippen molar-refractivity contribution in [3.05, 3.63) is 66.2 Å². The van der Waals surface area contributed by atoms with Gasteiger partial charge in [-0.15, -0.1) is 0 Å². The van der Waals surface area contributed by atoms with Crippen LogP contribution in [0.15, 0.2) is 65.7 Å². The van der Waals surface area contributed by atoms with E-state index in [1.165, 1.54) is 0 Å². The largest absolute Gasteiger partial charge is 0.326 e. The quantitative estimate of drug-likeness (QED) is 0.874. The number of anilines is 1. The number of hydrogen-bond acceptors (Lipinski definition) is 4. The molecule has 138 valence electrons. The molecule has 1 spiro atoms. The number of hydrogen-bond donors (Lipinski definition) is 2. The standard InChI is InChI=1S/C21H22N4O2/c26-18(22-17-9-5-2-6-10-17)15-25-13-11-21(12-14-25)23-19(20(27)24-21)16-7-3-1-4-8-16/h1-10H,11-15H2,(H,22,26)(H,24,27). The highest BCUT2D eigenvalue weighted by Gasteiger charge is 2.42. The van der Waals surface area contributed by atoms with E-state index in [0.29, 0.717) is 38.2 Å². The monoisotopic (exact) mass is 362 g/mol. The summed E-state index contributed by atoms with van der Waals surface area (Å²) in [5, 5.41) is 5.97. The van der Waals surface area contributed by atoms with Gasteiger partial charge in [0.25, 0.3) is 5.91 Å². The number of rotatable bonds is 4. The van der Waals surface area contributed by atoms with Crippen LogP contribution in [-0.2, 0) is 9.59 Å². The fourth-order valence-corrected chi connectivity index (χ4v) is 3.60. The average Bonchev–Trinajstić information content (AvgIpc) is 3.01. The molecule has 4 rings (SSSR count). The van der Waals surface area contributed by atoms with E-state index in [9.17, 15) is 9.59 Å². The Hall–Kier alpha value is -2.99. The minimum Gasteiger partial charge on any atom is -0.326 e. The van der Waals surface area contributed by atoms with E-state index in [1.54, 1.807) is 0 Å². The number of carbonyl (C=O) groups is 2. The van der Waals surface area contributed by atoms with E-state index in [1.807, 2.05) is 60.7 Å². The van der Waals surface area contributed by atoms with Crippen LogP contribution < -0.4 is 10.6 Å². The third-order valence-electron chi connectivity index (χ3n) is 5.04. The molecule has 1 saturated heterocycles. The lowest BCUT2D eigenvalue weighted by Gasteiger charge is -2.36. The van der Waals surface area contributed by atoms with Crippen molar-refractivity contribution in [1.82, 2.24) is 10.2 Å². The molecule has 0 saturated carbocycles. The first-order valence-electron chi connectivity index (χ1n) is 9.19. The van der Waals surface area contributed by atoms with Gasteiger partial charge in [0.15, 0.2) is 0 Å². The normalized spacial score (nSPS) is 18.8. The molecule has 2 N–H and O–H groups in total. The molecule has 0 aromatic heterocycles. The van der Waals surface area contributed by atoms with Crippen molar-refractivity contribution in [3.8, 4) is 0 Å². The van der Waals surface area contributed by atoms with Crippen LogP contribution in [0.1, 0.15) is 18.4 Å². The molecule has 27 heavy (non-hydrogen) atoms. The number of amides is 2. The third kappa shape index (κ3) is 3.90. The minimum atomic E-state index is -0.533. The van der Waals surface area contributed by atoms with Gasteiger partial charge < -0.3 is 10.6 Å². The molecule has 0 bridgehead atoms. The summed E-state index contributed by atoms with van der Waals surface area (Å²) in [6.45, 7) is 1.77. The molecule has 0 aliphatic carbocycles. The molecular weight excluding hydrogens is 340 g/mol. The number of nitrogens with zero attached hydrogens (tertiary/aromatic N) is 2. The van der Waals surface area contributed by atoms with E-state index in [4.69, 9.17) is 4.99 Å². The Balaban J connectivity index is 1.35. The van der Waals surface area contributed by atoms with Crippen molar-refractivity contribution in [2.75, 3.05) is 25.0 Å². The maximum absolute atomic E-state index is 12.4. The van der Waals surface area contributed by atoms with Gasteiger partial charge in [-0.25, -0.2) is 0 Å². The summed E-state index contributed by atoms with van der Waals surface area (Å²) in [5.74, 6) is -0.141. The van der Waals surface area contributed by atoms with Crippen LogP contribution >= 0.6 is 0 Å². The zero-order chi connectivity index (χ0) is 18.7. The maximum atomic E-state index is 12.4. The molecule has 0 radical (unpaired) electrons. The Morgan fingerprint density at radius 3 is 2.33 bits per heavy atom. The van der Waals surface area contributed by atoms with Crippen molar-refractivity contribution >= 4 is 23.2 Å². The summed E-state index contributed by atoms with van der Waals surface area (Å²) < 4.78 is 0. The predicted molar refractivity (Wildman–Crippen MR) is 105 cm³/mol. The zero-order valence-corrected chi connectivity index (χ0v) is 15.0. The van der Waals surface area contributed by atoms with Crippen LogP contribution in [0.25, 0.3) is 0 Å². The minimum absolute atomic E-state index is 0.0268. The Morgan fingerprint density at radius 1 is 1.04 bits per heavy atom. The topological polar surface area (TPSA) is 73.8 Å². The second-order valence-electron chi connectivity index (χ2n) is 7.00. The number of benzene rings is 2. The Kier molecular flexibility index (Phi) is 4.73. The number of aliphatic imine (C=N–C) groups is 1. The summed E-state index contributed by atoms with van der Waals surface area (Å²) in [5.41, 5.74) is 1.62. The Bertz CT molecular complexity index is 856. The average molecular weight is 362 g/mol. The van der Waals surface area contributed by atoms with Gasteiger partial charge in [0.05, 0.1) is 6.54 Å². The van der Waals surface area contributed by atoms with E-state index in [0.717, 1.165) is 11.3 Å². The second-order valence-corrected chi connectivity index (χ2v) is 7.00. The third-order valence-corrected chi connectivity index (χ3v) is 5.04. The zero-order valence-electron chi connectivity index (χ0n) is 15.0. The number of nitrogens with one attached hydrogen (secondary N) is 2.